The van der Waals surface area contributed by atoms with E-state index in [1.54, 1.807) is 22.6 Å². The zero-order valence-corrected chi connectivity index (χ0v) is 16.4. The Morgan fingerprint density at radius 3 is 1.86 bits per heavy atom. The van der Waals surface area contributed by atoms with Crippen molar-refractivity contribution >= 4 is 38.5 Å². The van der Waals surface area contributed by atoms with E-state index in [1.807, 2.05) is 0 Å². The molecular formula is C13H4BrF10IN2O. The minimum absolute atomic E-state index is 0.0636. The lowest BCUT2D eigenvalue weighted by atomic mass is 9.93. The monoisotopic (exact) mass is 600 g/mol. The molecule has 3 nitrogen and oxygen atoms in total. The van der Waals surface area contributed by atoms with Gasteiger partial charge >= 0.3 is 24.4 Å². The molecule has 0 aliphatic rings. The van der Waals surface area contributed by atoms with Crippen molar-refractivity contribution in [1.82, 2.24) is 9.78 Å². The molecule has 28 heavy (non-hydrogen) atoms. The van der Waals surface area contributed by atoms with Crippen LogP contribution in [0.25, 0.3) is 5.69 Å². The maximum absolute atomic E-state index is 14.2. The minimum Gasteiger partial charge on any atom is -0.403 e. The van der Waals surface area contributed by atoms with Crippen LogP contribution in [0, 0.1) is 3.57 Å². The van der Waals surface area contributed by atoms with Crippen molar-refractivity contribution in [2.24, 2.45) is 0 Å². The highest BCUT2D eigenvalue weighted by molar-refractivity contribution is 14.1. The van der Waals surface area contributed by atoms with Crippen LogP contribution < -0.4 is 4.74 Å². The van der Waals surface area contributed by atoms with Crippen LogP contribution in [0.1, 0.15) is 5.56 Å². The Labute approximate surface area is 170 Å². The molecule has 1 heterocycles. The lowest BCUT2D eigenvalue weighted by Crippen LogP contribution is -2.50. The van der Waals surface area contributed by atoms with E-state index in [9.17, 15) is 43.9 Å². The summed E-state index contributed by atoms with van der Waals surface area (Å²) >= 11 is 4.27. The first kappa shape index (κ1) is 23.0. The van der Waals surface area contributed by atoms with E-state index in [1.165, 1.54) is 0 Å². The van der Waals surface area contributed by atoms with Crippen molar-refractivity contribution in [2.45, 2.75) is 24.4 Å². The largest absolute Gasteiger partial charge is 0.573 e. The molecule has 0 saturated heterocycles. The van der Waals surface area contributed by atoms with Gasteiger partial charge in [-0.1, -0.05) is 0 Å². The molecule has 1 aromatic heterocycles. The second kappa shape index (κ2) is 7.21. The lowest BCUT2D eigenvalue weighted by Gasteiger charge is -2.31. The number of alkyl halides is 10. The summed E-state index contributed by atoms with van der Waals surface area (Å²) in [4.78, 5) is 0. The van der Waals surface area contributed by atoms with Crippen molar-refractivity contribution in [2.75, 3.05) is 0 Å². The summed E-state index contributed by atoms with van der Waals surface area (Å²) in [6.07, 6.45) is -16.3. The molecule has 0 amide bonds. The quantitative estimate of drug-likeness (QED) is 0.300. The van der Waals surface area contributed by atoms with Gasteiger partial charge in [-0.25, -0.2) is 9.07 Å². The van der Waals surface area contributed by atoms with Gasteiger partial charge in [-0.2, -0.15) is 31.4 Å². The minimum atomic E-state index is -6.51. The first-order chi connectivity index (χ1) is 12.5. The Bertz CT molecular complexity index is 860. The van der Waals surface area contributed by atoms with Crippen molar-refractivity contribution < 1.29 is 48.6 Å². The van der Waals surface area contributed by atoms with Crippen molar-refractivity contribution in [3.05, 3.63) is 38.1 Å². The summed E-state index contributed by atoms with van der Waals surface area (Å²) in [5.74, 6) is -1.52. The highest BCUT2D eigenvalue weighted by Gasteiger charge is 2.73. The van der Waals surface area contributed by atoms with Gasteiger partial charge in [0.15, 0.2) is 5.75 Å². The predicted molar refractivity (Wildman–Crippen MR) is 85.6 cm³/mol. The second-order valence-corrected chi connectivity index (χ2v) is 7.21. The number of hydrogen-bond acceptors (Lipinski definition) is 2. The number of rotatable bonds is 3. The molecule has 0 atom stereocenters. The van der Waals surface area contributed by atoms with Crippen LogP contribution in [-0.2, 0) is 5.67 Å². The molecule has 1 aromatic carbocycles. The molecule has 156 valence electrons. The Kier molecular flexibility index (Phi) is 5.93. The number of halogens is 12. The smallest absolute Gasteiger partial charge is 0.403 e. The predicted octanol–water partition coefficient (Wildman–Crippen LogP) is 6.43. The third-order valence-corrected chi connectivity index (χ3v) is 4.37. The van der Waals surface area contributed by atoms with Gasteiger partial charge in [0.05, 0.1) is 9.77 Å². The Morgan fingerprint density at radius 1 is 0.929 bits per heavy atom. The first-order valence-electron chi connectivity index (χ1n) is 6.60. The van der Waals surface area contributed by atoms with Crippen molar-refractivity contribution in [1.29, 1.82) is 0 Å². The van der Waals surface area contributed by atoms with Gasteiger partial charge in [0, 0.05) is 16.2 Å². The average Bonchev–Trinajstić information content (AvgIpc) is 2.87. The summed E-state index contributed by atoms with van der Waals surface area (Å²) in [7, 11) is 0. The van der Waals surface area contributed by atoms with E-state index in [0.29, 0.717) is 8.25 Å². The summed E-state index contributed by atoms with van der Waals surface area (Å²) < 4.78 is 134. The topological polar surface area (TPSA) is 27.1 Å². The fourth-order valence-corrected chi connectivity index (χ4v) is 3.12. The Hall–Kier alpha value is -1.26. The van der Waals surface area contributed by atoms with E-state index in [4.69, 9.17) is 0 Å². The molecule has 0 unspecified atom stereocenters. The molecule has 0 spiro atoms. The van der Waals surface area contributed by atoms with E-state index in [0.717, 1.165) is 12.4 Å². The Balaban J connectivity index is 2.82. The molecule has 0 radical (unpaired) electrons. The number of hydrogen-bond donors (Lipinski definition) is 0. The van der Waals surface area contributed by atoms with E-state index in [2.05, 4.69) is 25.8 Å². The van der Waals surface area contributed by atoms with Gasteiger partial charge in [-0.15, -0.1) is 13.2 Å². The highest BCUT2D eigenvalue weighted by atomic mass is 127. The van der Waals surface area contributed by atoms with Crippen LogP contribution in [0.3, 0.4) is 0 Å². The van der Waals surface area contributed by atoms with Gasteiger partial charge in [0.2, 0.25) is 0 Å². The third kappa shape index (κ3) is 4.33. The Morgan fingerprint density at radius 2 is 1.46 bits per heavy atom. The van der Waals surface area contributed by atoms with E-state index >= 15 is 0 Å². The van der Waals surface area contributed by atoms with Crippen LogP contribution in [-0.4, -0.2) is 28.5 Å². The molecule has 2 rings (SSSR count). The van der Waals surface area contributed by atoms with Crippen LogP contribution in [0.5, 0.6) is 5.75 Å². The van der Waals surface area contributed by atoms with Crippen molar-refractivity contribution in [3.8, 4) is 11.4 Å². The zero-order valence-electron chi connectivity index (χ0n) is 12.6. The molecule has 0 N–H and O–H groups in total. The first-order valence-corrected chi connectivity index (χ1v) is 8.47. The summed E-state index contributed by atoms with van der Waals surface area (Å²) in [5.41, 5.74) is -8.77. The maximum atomic E-state index is 14.2. The van der Waals surface area contributed by atoms with Crippen LogP contribution in [0.4, 0.5) is 43.9 Å². The van der Waals surface area contributed by atoms with E-state index < -0.39 is 45.9 Å². The lowest BCUT2D eigenvalue weighted by molar-refractivity contribution is -0.348. The van der Waals surface area contributed by atoms with Gasteiger partial charge in [-0.05, 0) is 50.7 Å². The number of aromatic nitrogens is 2. The van der Waals surface area contributed by atoms with Gasteiger partial charge in [0.25, 0.3) is 0 Å². The second-order valence-electron chi connectivity index (χ2n) is 5.11. The molecule has 15 heteroatoms. The molecule has 0 aliphatic carbocycles. The van der Waals surface area contributed by atoms with Crippen LogP contribution in [0.15, 0.2) is 29.0 Å². The summed E-state index contributed by atoms with van der Waals surface area (Å²) in [6, 6.07) is -0.253. The zero-order chi connectivity index (χ0) is 21.7. The molecule has 0 bridgehead atoms. The van der Waals surface area contributed by atoms with Gasteiger partial charge in [-0.3, -0.25) is 0 Å². The average molecular weight is 601 g/mol. The maximum Gasteiger partial charge on any atom is 0.573 e. The van der Waals surface area contributed by atoms with Gasteiger partial charge < -0.3 is 4.74 Å². The normalized spacial score (nSPS) is 13.7. The summed E-state index contributed by atoms with van der Waals surface area (Å²) in [5, 5.41) is 3.62. The summed E-state index contributed by atoms with van der Waals surface area (Å²) in [6.45, 7) is 0. The highest BCUT2D eigenvalue weighted by Crippen LogP contribution is 2.54. The molecule has 0 saturated carbocycles. The molecule has 0 fully saturated rings. The van der Waals surface area contributed by atoms with Gasteiger partial charge in [0.1, 0.15) is 5.69 Å². The van der Waals surface area contributed by atoms with Crippen molar-refractivity contribution in [3.63, 3.8) is 0 Å². The fraction of sp³-hybridized carbons (Fsp3) is 0.308. The molecule has 2 aromatic rings. The standard InChI is InChI=1S/C13H4BrF10IN2O/c14-7-1-5(10(15,11(16,17)18)12(19,20)21)2-8(28-13(22,23)24)9(7)27-4-6(25)3-26-27/h1-4H. The number of ether oxygens (including phenoxy) is 1. The fourth-order valence-electron chi connectivity index (χ4n) is 2.11. The van der Waals surface area contributed by atoms with E-state index in [-0.39, 0.29) is 12.1 Å². The third-order valence-electron chi connectivity index (χ3n) is 3.21. The SMILES string of the molecule is FC(F)(F)Oc1cc(C(F)(C(F)(F)F)C(F)(F)F)cc(Br)c1-n1cc(I)cn1. The van der Waals surface area contributed by atoms with Crippen LogP contribution in [0.2, 0.25) is 0 Å². The number of benzene rings is 1. The number of nitrogens with zero attached hydrogens (tertiary/aromatic N) is 2. The van der Waals surface area contributed by atoms with Crippen LogP contribution >= 0.6 is 38.5 Å². The molecule has 0 aliphatic heterocycles. The molecular weight excluding hydrogens is 597 g/mol.